The highest BCUT2D eigenvalue weighted by Crippen LogP contribution is 2.30. The lowest BCUT2D eigenvalue weighted by molar-refractivity contribution is -0.384. The highest BCUT2D eigenvalue weighted by Gasteiger charge is 2.20. The summed E-state index contributed by atoms with van der Waals surface area (Å²) >= 11 is 1.62. The van der Waals surface area contributed by atoms with Crippen molar-refractivity contribution < 1.29 is 18.1 Å². The second-order valence-electron chi connectivity index (χ2n) is 6.65. The van der Waals surface area contributed by atoms with Gasteiger partial charge >= 0.3 is 0 Å². The third kappa shape index (κ3) is 4.50. The first-order valence-electron chi connectivity index (χ1n) is 8.87. The van der Waals surface area contributed by atoms with E-state index in [1.165, 1.54) is 17.0 Å². The number of thiophene rings is 1. The quantitative estimate of drug-likeness (QED) is 0.402. The van der Waals surface area contributed by atoms with Gasteiger partial charge in [0.1, 0.15) is 5.69 Å². The fourth-order valence-electron chi connectivity index (χ4n) is 3.20. The molecule has 0 bridgehead atoms. The Hall–Kier alpha value is -2.46. The van der Waals surface area contributed by atoms with E-state index in [-0.39, 0.29) is 35.3 Å². The number of sulfone groups is 1. The SMILES string of the molecule is CS(=O)(=O)c1ccc(NCCNC(=O)c2csc3c2CCCC3)c([N+](=O)[O-])c1. The molecular weight excluding hydrogens is 402 g/mol. The van der Waals surface area contributed by atoms with Crippen LogP contribution < -0.4 is 10.6 Å². The number of benzene rings is 1. The van der Waals surface area contributed by atoms with Gasteiger partial charge in [-0.3, -0.25) is 14.9 Å². The lowest BCUT2D eigenvalue weighted by atomic mass is 9.96. The number of carbonyl (C=O) groups excluding carboxylic acids is 1. The van der Waals surface area contributed by atoms with Crippen molar-refractivity contribution in [3.63, 3.8) is 0 Å². The van der Waals surface area contributed by atoms with Gasteiger partial charge < -0.3 is 10.6 Å². The molecule has 1 aliphatic rings. The molecule has 1 aromatic carbocycles. The largest absolute Gasteiger partial charge is 0.378 e. The van der Waals surface area contributed by atoms with E-state index >= 15 is 0 Å². The average Bonchev–Trinajstić information content (AvgIpc) is 3.08. The van der Waals surface area contributed by atoms with E-state index in [2.05, 4.69) is 10.6 Å². The van der Waals surface area contributed by atoms with Gasteiger partial charge in [-0.15, -0.1) is 11.3 Å². The van der Waals surface area contributed by atoms with E-state index in [4.69, 9.17) is 0 Å². The molecule has 0 atom stereocenters. The van der Waals surface area contributed by atoms with Crippen LogP contribution in [0.1, 0.15) is 33.6 Å². The summed E-state index contributed by atoms with van der Waals surface area (Å²) in [6.45, 7) is 0.561. The molecule has 0 saturated carbocycles. The molecule has 3 rings (SSSR count). The van der Waals surface area contributed by atoms with Crippen molar-refractivity contribution in [2.45, 2.75) is 30.6 Å². The predicted octanol–water partition coefficient (Wildman–Crippen LogP) is 2.78. The lowest BCUT2D eigenvalue weighted by Gasteiger charge is -2.13. The molecule has 10 heteroatoms. The maximum Gasteiger partial charge on any atom is 0.293 e. The summed E-state index contributed by atoms with van der Waals surface area (Å²) in [6.07, 6.45) is 5.21. The van der Waals surface area contributed by atoms with Crippen LogP contribution in [0.5, 0.6) is 0 Å². The van der Waals surface area contributed by atoms with Gasteiger partial charge in [-0.05, 0) is 43.4 Å². The third-order valence-electron chi connectivity index (χ3n) is 4.63. The topological polar surface area (TPSA) is 118 Å². The van der Waals surface area contributed by atoms with E-state index < -0.39 is 14.8 Å². The first-order valence-corrected chi connectivity index (χ1v) is 11.6. The van der Waals surface area contributed by atoms with Crippen LogP contribution in [-0.4, -0.2) is 38.6 Å². The van der Waals surface area contributed by atoms with Crippen LogP contribution in [0.25, 0.3) is 0 Å². The van der Waals surface area contributed by atoms with Gasteiger partial charge in [-0.1, -0.05) is 0 Å². The average molecular weight is 424 g/mol. The molecule has 0 unspecified atom stereocenters. The maximum atomic E-state index is 12.4. The minimum Gasteiger partial charge on any atom is -0.378 e. The van der Waals surface area contributed by atoms with Crippen molar-refractivity contribution >= 4 is 38.5 Å². The fraction of sp³-hybridized carbons (Fsp3) is 0.389. The normalized spacial score (nSPS) is 13.6. The van der Waals surface area contributed by atoms with Crippen LogP contribution in [0, 0.1) is 10.1 Å². The van der Waals surface area contributed by atoms with Crippen molar-refractivity contribution in [1.29, 1.82) is 0 Å². The summed E-state index contributed by atoms with van der Waals surface area (Å²) in [5.74, 6) is -0.136. The fourth-order valence-corrected chi connectivity index (χ4v) is 4.96. The zero-order valence-electron chi connectivity index (χ0n) is 15.4. The summed E-state index contributed by atoms with van der Waals surface area (Å²) in [6, 6.07) is 3.72. The summed E-state index contributed by atoms with van der Waals surface area (Å²) in [5.41, 5.74) is 1.76. The van der Waals surface area contributed by atoms with Crippen LogP contribution in [0.15, 0.2) is 28.5 Å². The van der Waals surface area contributed by atoms with Gasteiger partial charge in [-0.2, -0.15) is 0 Å². The molecule has 2 aromatic rings. The Morgan fingerprint density at radius 3 is 2.71 bits per heavy atom. The number of amides is 1. The second-order valence-corrected chi connectivity index (χ2v) is 9.63. The molecule has 0 radical (unpaired) electrons. The van der Waals surface area contributed by atoms with E-state index in [1.54, 1.807) is 11.3 Å². The van der Waals surface area contributed by atoms with E-state index in [0.717, 1.165) is 49.1 Å². The zero-order valence-corrected chi connectivity index (χ0v) is 17.0. The first-order chi connectivity index (χ1) is 13.3. The highest BCUT2D eigenvalue weighted by molar-refractivity contribution is 7.90. The van der Waals surface area contributed by atoms with Gasteiger partial charge in [0, 0.05) is 35.7 Å². The number of hydrogen-bond donors (Lipinski definition) is 2. The van der Waals surface area contributed by atoms with Crippen molar-refractivity contribution in [3.05, 3.63) is 49.7 Å². The summed E-state index contributed by atoms with van der Waals surface area (Å²) < 4.78 is 23.2. The molecule has 28 heavy (non-hydrogen) atoms. The lowest BCUT2D eigenvalue weighted by Crippen LogP contribution is -2.29. The number of carbonyl (C=O) groups is 1. The summed E-state index contributed by atoms with van der Waals surface area (Å²) in [7, 11) is -3.53. The minimum absolute atomic E-state index is 0.111. The molecule has 0 fully saturated rings. The molecule has 1 amide bonds. The molecule has 8 nitrogen and oxygen atoms in total. The van der Waals surface area contributed by atoms with Crippen LogP contribution in [0.2, 0.25) is 0 Å². The monoisotopic (exact) mass is 423 g/mol. The Balaban J connectivity index is 1.60. The standard InChI is InChI=1S/C18H21N3O5S2/c1-28(25,26)12-6-7-15(16(10-12)21(23)24)19-8-9-20-18(22)14-11-27-17-5-3-2-4-13(14)17/h6-7,10-11,19H,2-5,8-9H2,1H3,(H,20,22). The number of nitro groups is 1. The number of nitrogens with zero attached hydrogens (tertiary/aromatic N) is 1. The van der Waals surface area contributed by atoms with Crippen LogP contribution in [-0.2, 0) is 22.7 Å². The molecule has 150 valence electrons. The number of hydrogen-bond acceptors (Lipinski definition) is 7. The number of rotatable bonds is 7. The van der Waals surface area contributed by atoms with E-state index in [1.807, 2.05) is 5.38 Å². The highest BCUT2D eigenvalue weighted by atomic mass is 32.2. The Kier molecular flexibility index (Phi) is 5.99. The second kappa shape index (κ2) is 8.27. The van der Waals surface area contributed by atoms with Gasteiger partial charge in [-0.25, -0.2) is 8.42 Å². The summed E-state index contributed by atoms with van der Waals surface area (Å²) in [5, 5.41) is 18.8. The maximum absolute atomic E-state index is 12.4. The van der Waals surface area contributed by atoms with E-state index in [0.29, 0.717) is 0 Å². The number of anilines is 1. The van der Waals surface area contributed by atoms with Crippen molar-refractivity contribution in [3.8, 4) is 0 Å². The minimum atomic E-state index is -3.53. The number of nitrogens with one attached hydrogen (secondary N) is 2. The van der Waals surface area contributed by atoms with Crippen LogP contribution >= 0.6 is 11.3 Å². The molecule has 1 aliphatic carbocycles. The predicted molar refractivity (Wildman–Crippen MR) is 108 cm³/mol. The number of nitro benzene ring substituents is 1. The molecule has 1 heterocycles. The van der Waals surface area contributed by atoms with Crippen molar-refractivity contribution in [2.24, 2.45) is 0 Å². The number of aryl methyl sites for hydroxylation is 1. The number of fused-ring (bicyclic) bond motifs is 1. The van der Waals surface area contributed by atoms with Crippen molar-refractivity contribution in [1.82, 2.24) is 5.32 Å². The first kappa shape index (κ1) is 20.3. The Morgan fingerprint density at radius 1 is 1.25 bits per heavy atom. The molecular formula is C18H21N3O5S2. The molecule has 1 aromatic heterocycles. The van der Waals surface area contributed by atoms with E-state index in [9.17, 15) is 23.3 Å². The van der Waals surface area contributed by atoms with Crippen LogP contribution in [0.4, 0.5) is 11.4 Å². The third-order valence-corrected chi connectivity index (χ3v) is 6.82. The molecule has 0 saturated heterocycles. The Bertz CT molecular complexity index is 1010. The smallest absolute Gasteiger partial charge is 0.293 e. The van der Waals surface area contributed by atoms with Gasteiger partial charge in [0.15, 0.2) is 9.84 Å². The molecule has 2 N–H and O–H groups in total. The van der Waals surface area contributed by atoms with Crippen molar-refractivity contribution in [2.75, 3.05) is 24.7 Å². The Labute approximate surface area is 167 Å². The van der Waals surface area contributed by atoms with Gasteiger partial charge in [0.05, 0.1) is 15.4 Å². The van der Waals surface area contributed by atoms with Gasteiger partial charge in [0.25, 0.3) is 11.6 Å². The summed E-state index contributed by atoms with van der Waals surface area (Å²) in [4.78, 5) is 24.2. The Morgan fingerprint density at radius 2 is 2.00 bits per heavy atom. The molecule has 0 aliphatic heterocycles. The van der Waals surface area contributed by atoms with Gasteiger partial charge in [0.2, 0.25) is 0 Å². The zero-order chi connectivity index (χ0) is 20.3. The van der Waals surface area contributed by atoms with Crippen LogP contribution in [0.3, 0.4) is 0 Å². The molecule has 0 spiro atoms.